The molecule has 0 bridgehead atoms. The van der Waals surface area contributed by atoms with Gasteiger partial charge < -0.3 is 29.5 Å². The summed E-state index contributed by atoms with van der Waals surface area (Å²) in [4.78, 5) is 25.4. The smallest absolute Gasteiger partial charge is 0.268 e. The van der Waals surface area contributed by atoms with E-state index in [2.05, 4.69) is 15.1 Å². The first-order chi connectivity index (χ1) is 17.5. The lowest BCUT2D eigenvalue weighted by atomic mass is 10.0. The summed E-state index contributed by atoms with van der Waals surface area (Å²) in [6.45, 7) is 0. The fraction of sp³-hybridized carbons (Fsp3) is 0.240. The Kier molecular flexibility index (Phi) is 7.52. The number of H-pyrrole nitrogens is 1. The third-order valence-corrected chi connectivity index (χ3v) is 5.58. The number of carbonyl (C=O) groups is 1. The van der Waals surface area contributed by atoms with Gasteiger partial charge in [-0.1, -0.05) is 17.3 Å². The predicted molar refractivity (Wildman–Crippen MR) is 132 cm³/mol. The second-order valence-electron chi connectivity index (χ2n) is 7.74. The van der Waals surface area contributed by atoms with Gasteiger partial charge in [0, 0.05) is 29.4 Å². The number of aromatic amines is 1. The van der Waals surface area contributed by atoms with Crippen LogP contribution in [-0.4, -0.2) is 55.5 Å². The second-order valence-corrected chi connectivity index (χ2v) is 7.74. The van der Waals surface area contributed by atoms with E-state index in [4.69, 9.17) is 29.3 Å². The van der Waals surface area contributed by atoms with E-state index in [0.717, 1.165) is 16.3 Å². The average Bonchev–Trinajstić information content (AvgIpc) is 3.60. The van der Waals surface area contributed by atoms with Gasteiger partial charge in [0.25, 0.3) is 5.91 Å². The number of nitrogens with two attached hydrogens (primary N) is 1. The van der Waals surface area contributed by atoms with E-state index in [-0.39, 0.29) is 6.42 Å². The fourth-order valence-corrected chi connectivity index (χ4v) is 3.86. The number of ether oxygens (including phenoxy) is 3. The summed E-state index contributed by atoms with van der Waals surface area (Å²) in [5, 5.41) is 5.16. The second kappa shape index (κ2) is 10.9. The van der Waals surface area contributed by atoms with Gasteiger partial charge in [0.05, 0.1) is 52.7 Å². The molecular weight excluding hydrogens is 466 g/mol. The number of hydrogen-bond acceptors (Lipinski definition) is 9. The van der Waals surface area contributed by atoms with Crippen LogP contribution in [0, 0.1) is 0 Å². The van der Waals surface area contributed by atoms with E-state index in [1.165, 1.54) is 20.5 Å². The number of methoxy groups -OCH3 is 3. The molecule has 0 saturated heterocycles. The molecule has 2 aromatic heterocycles. The maximum absolute atomic E-state index is 13.1. The SMILES string of the molecule is COc1cc(-c2oncc2-c2cccc(N(OC)C(=O)C(N)Cc3cnc[nH]3)c2)cc(OC)c1OC. The monoisotopic (exact) mass is 493 g/mol. The van der Waals surface area contributed by atoms with E-state index >= 15 is 0 Å². The molecular formula is C25H27N5O6. The van der Waals surface area contributed by atoms with Crippen LogP contribution in [0.1, 0.15) is 5.69 Å². The number of nitrogens with zero attached hydrogens (tertiary/aromatic N) is 3. The molecule has 0 aliphatic heterocycles. The van der Waals surface area contributed by atoms with Crippen LogP contribution in [0.25, 0.3) is 22.5 Å². The lowest BCUT2D eigenvalue weighted by Gasteiger charge is -2.23. The molecule has 11 heteroatoms. The Morgan fingerprint density at radius 2 is 1.81 bits per heavy atom. The minimum atomic E-state index is -0.834. The van der Waals surface area contributed by atoms with Crippen LogP contribution in [0.2, 0.25) is 0 Å². The predicted octanol–water partition coefficient (Wildman–Crippen LogP) is 3.22. The van der Waals surface area contributed by atoms with Gasteiger partial charge in [0.1, 0.15) is 0 Å². The third-order valence-electron chi connectivity index (χ3n) is 5.58. The molecule has 188 valence electrons. The van der Waals surface area contributed by atoms with Crippen LogP contribution in [-0.2, 0) is 16.1 Å². The van der Waals surface area contributed by atoms with Gasteiger partial charge in [0.15, 0.2) is 17.3 Å². The molecule has 4 aromatic rings. The van der Waals surface area contributed by atoms with Crippen molar-refractivity contribution in [2.75, 3.05) is 33.5 Å². The summed E-state index contributed by atoms with van der Waals surface area (Å²) >= 11 is 0. The number of imidazole rings is 1. The molecule has 1 amide bonds. The lowest BCUT2D eigenvalue weighted by molar-refractivity contribution is -0.126. The van der Waals surface area contributed by atoms with Crippen molar-refractivity contribution in [1.82, 2.24) is 15.1 Å². The summed E-state index contributed by atoms with van der Waals surface area (Å²) in [7, 11) is 6.03. The Hall–Kier alpha value is -4.35. The Morgan fingerprint density at radius 3 is 2.42 bits per heavy atom. The fourth-order valence-electron chi connectivity index (χ4n) is 3.86. The number of nitrogens with one attached hydrogen (secondary N) is 1. The van der Waals surface area contributed by atoms with Crippen LogP contribution in [0.5, 0.6) is 17.2 Å². The largest absolute Gasteiger partial charge is 0.493 e. The molecule has 1 atom stereocenters. The molecule has 0 saturated carbocycles. The van der Waals surface area contributed by atoms with Gasteiger partial charge in [-0.05, 0) is 29.8 Å². The molecule has 1 unspecified atom stereocenters. The molecule has 2 aromatic carbocycles. The van der Waals surface area contributed by atoms with Crippen LogP contribution < -0.4 is 25.0 Å². The molecule has 0 fully saturated rings. The van der Waals surface area contributed by atoms with Crippen molar-refractivity contribution in [1.29, 1.82) is 0 Å². The van der Waals surface area contributed by atoms with E-state index in [0.29, 0.717) is 39.8 Å². The Morgan fingerprint density at radius 1 is 1.06 bits per heavy atom. The topological polar surface area (TPSA) is 138 Å². The summed E-state index contributed by atoms with van der Waals surface area (Å²) in [5.74, 6) is 1.50. The van der Waals surface area contributed by atoms with Crippen LogP contribution >= 0.6 is 0 Å². The Balaban J connectivity index is 1.67. The quantitative estimate of drug-likeness (QED) is 0.319. The van der Waals surface area contributed by atoms with Crippen molar-refractivity contribution in [2.45, 2.75) is 12.5 Å². The molecule has 11 nitrogen and oxygen atoms in total. The molecule has 0 aliphatic rings. The van der Waals surface area contributed by atoms with Gasteiger partial charge in [-0.15, -0.1) is 0 Å². The molecule has 0 radical (unpaired) electrons. The van der Waals surface area contributed by atoms with Gasteiger partial charge >= 0.3 is 0 Å². The third kappa shape index (κ3) is 4.88. The standard InChI is InChI=1S/C25H27N5O6/c1-32-21-9-16(10-22(33-2)24(21)34-3)23-19(13-29-36-23)15-6-5-7-18(8-15)30(35-4)25(31)20(26)11-17-12-27-14-28-17/h5-10,12-14,20H,11,26H2,1-4H3,(H,27,28). The molecule has 0 aliphatic carbocycles. The van der Waals surface area contributed by atoms with E-state index < -0.39 is 11.9 Å². The zero-order valence-corrected chi connectivity index (χ0v) is 20.3. The van der Waals surface area contributed by atoms with E-state index in [1.54, 1.807) is 56.9 Å². The summed E-state index contributed by atoms with van der Waals surface area (Å²) < 4.78 is 22.0. The highest BCUT2D eigenvalue weighted by Crippen LogP contribution is 2.43. The number of hydroxylamine groups is 1. The summed E-state index contributed by atoms with van der Waals surface area (Å²) in [6, 6.07) is 9.93. The normalized spacial score (nSPS) is 11.7. The number of aromatic nitrogens is 3. The Labute approximate surface area is 207 Å². The van der Waals surface area contributed by atoms with Crippen molar-refractivity contribution >= 4 is 11.6 Å². The van der Waals surface area contributed by atoms with Gasteiger partial charge in [-0.25, -0.2) is 4.98 Å². The number of benzene rings is 2. The van der Waals surface area contributed by atoms with E-state index in [9.17, 15) is 4.79 Å². The average molecular weight is 494 g/mol. The number of carbonyl (C=O) groups excluding carboxylic acids is 1. The zero-order chi connectivity index (χ0) is 25.7. The zero-order valence-electron chi connectivity index (χ0n) is 20.3. The van der Waals surface area contributed by atoms with E-state index in [1.807, 2.05) is 6.07 Å². The van der Waals surface area contributed by atoms with Gasteiger partial charge in [-0.3, -0.25) is 9.63 Å². The maximum atomic E-state index is 13.1. The highest BCUT2D eigenvalue weighted by atomic mass is 16.7. The van der Waals surface area contributed by atoms with Crippen molar-refractivity contribution in [3.63, 3.8) is 0 Å². The minimum absolute atomic E-state index is 0.287. The molecule has 2 heterocycles. The highest BCUT2D eigenvalue weighted by Gasteiger charge is 2.25. The van der Waals surface area contributed by atoms with Crippen LogP contribution in [0.4, 0.5) is 5.69 Å². The molecule has 0 spiro atoms. The number of amides is 1. The first-order valence-electron chi connectivity index (χ1n) is 11.0. The molecule has 36 heavy (non-hydrogen) atoms. The molecule has 3 N–H and O–H groups in total. The van der Waals surface area contributed by atoms with Crippen molar-refractivity contribution in [3.05, 3.63) is 60.8 Å². The van der Waals surface area contributed by atoms with Crippen molar-refractivity contribution in [3.8, 4) is 39.7 Å². The summed E-state index contributed by atoms with van der Waals surface area (Å²) in [5.41, 5.74) is 9.51. The summed E-state index contributed by atoms with van der Waals surface area (Å²) in [6.07, 6.45) is 5.05. The van der Waals surface area contributed by atoms with Crippen LogP contribution in [0.15, 0.2) is 59.6 Å². The number of hydrogen-bond donors (Lipinski definition) is 2. The lowest BCUT2D eigenvalue weighted by Crippen LogP contribution is -2.44. The molecule has 4 rings (SSSR count). The number of anilines is 1. The Bertz CT molecular complexity index is 1300. The first kappa shape index (κ1) is 24.8. The maximum Gasteiger partial charge on any atom is 0.268 e. The van der Waals surface area contributed by atoms with Crippen molar-refractivity contribution in [2.24, 2.45) is 5.73 Å². The van der Waals surface area contributed by atoms with Crippen LogP contribution in [0.3, 0.4) is 0 Å². The first-order valence-corrected chi connectivity index (χ1v) is 11.0. The minimum Gasteiger partial charge on any atom is -0.493 e. The van der Waals surface area contributed by atoms with Gasteiger partial charge in [-0.2, -0.15) is 5.06 Å². The number of rotatable bonds is 10. The van der Waals surface area contributed by atoms with Gasteiger partial charge in [0.2, 0.25) is 5.75 Å². The highest BCUT2D eigenvalue weighted by molar-refractivity contribution is 5.96. The van der Waals surface area contributed by atoms with Crippen molar-refractivity contribution < 1.29 is 28.4 Å².